The van der Waals surface area contributed by atoms with Crippen LogP contribution >= 0.6 is 0 Å². The number of benzene rings is 2. The number of likely N-dealkylation sites (tertiary alicyclic amines) is 2. The van der Waals surface area contributed by atoms with Crippen molar-refractivity contribution in [3.63, 3.8) is 0 Å². The number of fused-ring (bicyclic) bond motifs is 1. The average Bonchev–Trinajstić information content (AvgIpc) is 3.39. The molecule has 0 spiro atoms. The van der Waals surface area contributed by atoms with Crippen molar-refractivity contribution in [1.29, 1.82) is 5.26 Å². The second kappa shape index (κ2) is 14.3. The van der Waals surface area contributed by atoms with Gasteiger partial charge in [-0.1, -0.05) is 0 Å². The molecule has 5 heterocycles. The smallest absolute Gasteiger partial charge is 0.318 e. The van der Waals surface area contributed by atoms with Crippen LogP contribution in [0.4, 0.5) is 14.9 Å². The lowest BCUT2D eigenvalue weighted by atomic mass is 9.83. The van der Waals surface area contributed by atoms with Crippen LogP contribution in [-0.2, 0) is 25.1 Å². The van der Waals surface area contributed by atoms with Crippen molar-refractivity contribution in [3.05, 3.63) is 77.2 Å². The average molecular weight is 734 g/mol. The minimum absolute atomic E-state index is 0.00445. The number of hydrogen-bond acceptors (Lipinski definition) is 11. The Kier molecular flexibility index (Phi) is 9.79. The molecule has 14 nitrogen and oxygen atoms in total. The van der Waals surface area contributed by atoms with Gasteiger partial charge in [0.1, 0.15) is 16.5 Å². The maximum absolute atomic E-state index is 15.1. The topological polar surface area (TPSA) is 158 Å². The van der Waals surface area contributed by atoms with E-state index in [2.05, 4.69) is 20.1 Å². The second-order valence-electron chi connectivity index (χ2n) is 13.2. The lowest BCUT2D eigenvalue weighted by molar-refractivity contribution is -0.121. The lowest BCUT2D eigenvalue weighted by Crippen LogP contribution is -2.67. The summed E-state index contributed by atoms with van der Waals surface area (Å²) < 4.78 is 60.3. The number of aromatic nitrogens is 1. The van der Waals surface area contributed by atoms with Crippen LogP contribution in [0.3, 0.4) is 0 Å². The molecule has 2 aromatic carbocycles. The Morgan fingerprint density at radius 2 is 1.79 bits per heavy atom. The van der Waals surface area contributed by atoms with Gasteiger partial charge in [-0.2, -0.15) is 9.57 Å². The number of pyridine rings is 1. The highest BCUT2D eigenvalue weighted by Crippen LogP contribution is 2.50. The number of sulfonamides is 1. The number of carbonyl (C=O) groups is 2. The summed E-state index contributed by atoms with van der Waals surface area (Å²) in [6.07, 6.45) is 3.52. The fourth-order valence-corrected chi connectivity index (χ4v) is 9.28. The van der Waals surface area contributed by atoms with Gasteiger partial charge >= 0.3 is 6.03 Å². The van der Waals surface area contributed by atoms with Gasteiger partial charge in [0.25, 0.3) is 15.9 Å². The number of nitriles is 1. The van der Waals surface area contributed by atoms with Crippen molar-refractivity contribution in [1.82, 2.24) is 25.0 Å². The van der Waals surface area contributed by atoms with E-state index in [-0.39, 0.29) is 46.7 Å². The highest BCUT2D eigenvalue weighted by atomic mass is 32.2. The molecule has 1 aromatic heterocycles. The predicted molar refractivity (Wildman–Crippen MR) is 186 cm³/mol. The third kappa shape index (κ3) is 6.11. The fourth-order valence-electron chi connectivity index (χ4n) is 7.68. The van der Waals surface area contributed by atoms with E-state index in [4.69, 9.17) is 14.2 Å². The SMILES string of the molecule is CCOc1ncccc1C1(NC(=O)N2CC(N3CCC(N4CCOCC4)CC3)C2)C(=O)N(S(=O)(=O)c2ccc(F)cc2OC)c2ccc(C#N)cc21. The van der Waals surface area contributed by atoms with Gasteiger partial charge in [0.05, 0.1) is 49.8 Å². The van der Waals surface area contributed by atoms with Crippen LogP contribution in [0.5, 0.6) is 11.6 Å². The van der Waals surface area contributed by atoms with E-state index < -0.39 is 38.2 Å². The summed E-state index contributed by atoms with van der Waals surface area (Å²) in [5.74, 6) is -2.12. The molecular formula is C36H40FN7O7S. The minimum Gasteiger partial charge on any atom is -0.495 e. The molecule has 52 heavy (non-hydrogen) atoms. The highest BCUT2D eigenvalue weighted by molar-refractivity contribution is 7.93. The summed E-state index contributed by atoms with van der Waals surface area (Å²) in [4.78, 5) is 39.7. The third-order valence-electron chi connectivity index (χ3n) is 10.4. The van der Waals surface area contributed by atoms with Crippen LogP contribution in [0.2, 0.25) is 0 Å². The van der Waals surface area contributed by atoms with Crippen LogP contribution < -0.4 is 19.1 Å². The zero-order chi connectivity index (χ0) is 36.6. The number of halogens is 1. The van der Waals surface area contributed by atoms with E-state index in [9.17, 15) is 22.9 Å². The molecule has 0 saturated carbocycles. The number of methoxy groups -OCH3 is 1. The van der Waals surface area contributed by atoms with Gasteiger partial charge in [-0.05, 0) is 62.2 Å². The number of morpholine rings is 1. The number of ether oxygens (including phenoxy) is 3. The summed E-state index contributed by atoms with van der Waals surface area (Å²) in [6, 6.07) is 12.1. The van der Waals surface area contributed by atoms with Crippen molar-refractivity contribution in [3.8, 4) is 17.7 Å². The van der Waals surface area contributed by atoms with Crippen LogP contribution in [0.1, 0.15) is 36.5 Å². The van der Waals surface area contributed by atoms with Gasteiger partial charge in [-0.15, -0.1) is 0 Å². The molecule has 4 aliphatic heterocycles. The second-order valence-corrected chi connectivity index (χ2v) is 14.9. The predicted octanol–water partition coefficient (Wildman–Crippen LogP) is 2.67. The van der Waals surface area contributed by atoms with Crippen molar-refractivity contribution in [2.75, 3.05) is 70.5 Å². The molecule has 3 amide bonds. The number of nitrogens with zero attached hydrogens (tertiary/aromatic N) is 6. The summed E-state index contributed by atoms with van der Waals surface area (Å²) in [5, 5.41) is 12.8. The van der Waals surface area contributed by atoms with E-state index >= 15 is 4.79 Å². The van der Waals surface area contributed by atoms with E-state index in [0.29, 0.717) is 23.4 Å². The molecule has 1 N–H and O–H groups in total. The maximum atomic E-state index is 15.1. The van der Waals surface area contributed by atoms with Crippen molar-refractivity contribution in [2.45, 2.75) is 42.3 Å². The molecule has 3 aromatic rings. The number of amides is 3. The van der Waals surface area contributed by atoms with Gasteiger partial charge in [0.15, 0.2) is 5.54 Å². The standard InChI is InChI=1S/C36H40FN7O7S/c1-3-51-33-28(5-4-12-39-33)36(40-35(46)43-22-27(23-43)41-13-10-26(11-14-41)42-15-17-50-18-16-42)29-19-24(21-38)6-8-30(29)44(34(36)45)52(47,48)32-9-7-25(37)20-31(32)49-2/h4-9,12,19-20,26-27H,3,10-11,13-18,22-23H2,1-2H3,(H,40,46). The first-order valence-corrected chi connectivity index (χ1v) is 18.8. The molecule has 1 unspecified atom stereocenters. The Bertz CT molecular complexity index is 2010. The number of urea groups is 1. The first-order chi connectivity index (χ1) is 25.1. The molecule has 16 heteroatoms. The molecule has 1 atom stereocenters. The Labute approximate surface area is 301 Å². The molecule has 0 bridgehead atoms. The van der Waals surface area contributed by atoms with Crippen LogP contribution in [-0.4, -0.2) is 118 Å². The Morgan fingerprint density at radius 1 is 1.06 bits per heavy atom. The van der Waals surface area contributed by atoms with Crippen molar-refractivity contribution >= 4 is 27.6 Å². The third-order valence-corrected chi connectivity index (χ3v) is 12.1. The minimum atomic E-state index is -4.80. The van der Waals surface area contributed by atoms with E-state index in [1.165, 1.54) is 37.6 Å². The van der Waals surface area contributed by atoms with Crippen molar-refractivity contribution in [2.24, 2.45) is 0 Å². The number of anilines is 1. The van der Waals surface area contributed by atoms with E-state index in [1.807, 2.05) is 6.07 Å². The van der Waals surface area contributed by atoms with Gasteiger partial charge < -0.3 is 24.4 Å². The normalized spacial score (nSPS) is 21.7. The monoisotopic (exact) mass is 733 g/mol. The number of piperidine rings is 1. The summed E-state index contributed by atoms with van der Waals surface area (Å²) in [6.45, 7) is 7.90. The van der Waals surface area contributed by atoms with Gasteiger partial charge in [-0.3, -0.25) is 14.6 Å². The van der Waals surface area contributed by atoms with Crippen molar-refractivity contribution < 1.29 is 36.6 Å². The van der Waals surface area contributed by atoms with Gasteiger partial charge in [0.2, 0.25) is 5.88 Å². The lowest BCUT2D eigenvalue weighted by Gasteiger charge is -2.49. The Balaban J connectivity index is 1.23. The number of carbonyl (C=O) groups excluding carboxylic acids is 2. The molecule has 0 aliphatic carbocycles. The molecule has 7 rings (SSSR count). The Hall–Kier alpha value is -4.82. The molecule has 3 saturated heterocycles. The zero-order valence-electron chi connectivity index (χ0n) is 29.0. The highest BCUT2D eigenvalue weighted by Gasteiger charge is 2.59. The zero-order valence-corrected chi connectivity index (χ0v) is 29.8. The number of hydrogen-bond donors (Lipinski definition) is 1. The van der Waals surface area contributed by atoms with Crippen LogP contribution in [0, 0.1) is 17.1 Å². The van der Waals surface area contributed by atoms with Gasteiger partial charge in [0, 0.05) is 69.2 Å². The van der Waals surface area contributed by atoms with E-state index in [1.54, 1.807) is 17.9 Å². The summed E-state index contributed by atoms with van der Waals surface area (Å²) in [5.41, 5.74) is -2.06. The number of rotatable bonds is 9. The fraction of sp³-hybridized carbons (Fsp3) is 0.444. The van der Waals surface area contributed by atoms with Crippen LogP contribution in [0.25, 0.3) is 0 Å². The molecular weight excluding hydrogens is 694 g/mol. The Morgan fingerprint density at radius 3 is 2.48 bits per heavy atom. The quantitative estimate of drug-likeness (QED) is 0.345. The largest absolute Gasteiger partial charge is 0.495 e. The summed E-state index contributed by atoms with van der Waals surface area (Å²) in [7, 11) is -3.61. The maximum Gasteiger partial charge on any atom is 0.318 e. The first-order valence-electron chi connectivity index (χ1n) is 17.3. The summed E-state index contributed by atoms with van der Waals surface area (Å²) >= 11 is 0. The molecule has 4 aliphatic rings. The first kappa shape index (κ1) is 35.6. The van der Waals surface area contributed by atoms with E-state index in [0.717, 1.165) is 70.4 Å². The van der Waals surface area contributed by atoms with Crippen LogP contribution in [0.15, 0.2) is 59.6 Å². The van der Waals surface area contributed by atoms with Gasteiger partial charge in [-0.25, -0.2) is 22.6 Å². The number of nitrogens with one attached hydrogen (secondary N) is 1. The molecule has 274 valence electrons. The molecule has 0 radical (unpaired) electrons. The molecule has 3 fully saturated rings.